The van der Waals surface area contributed by atoms with Crippen molar-refractivity contribution in [3.8, 4) is 0 Å². The maximum Gasteiger partial charge on any atom is 0.318 e. The Hall–Kier alpha value is -1.86. The van der Waals surface area contributed by atoms with Gasteiger partial charge in [-0.25, -0.2) is 9.78 Å². The number of carbonyl (C=O) groups is 1. The average Bonchev–Trinajstić information content (AvgIpc) is 3.20. The van der Waals surface area contributed by atoms with E-state index in [4.69, 9.17) is 9.15 Å². The summed E-state index contributed by atoms with van der Waals surface area (Å²) in [6, 6.07) is 3.61. The summed E-state index contributed by atoms with van der Waals surface area (Å²) >= 11 is 1.67. The van der Waals surface area contributed by atoms with Crippen LogP contribution in [0.15, 0.2) is 21.9 Å². The van der Waals surface area contributed by atoms with Crippen molar-refractivity contribution in [3.63, 3.8) is 0 Å². The second kappa shape index (κ2) is 7.81. The number of aromatic nitrogens is 1. The molecule has 2 aromatic heterocycles. The summed E-state index contributed by atoms with van der Waals surface area (Å²) in [5.74, 6) is 1.62. The quantitative estimate of drug-likeness (QED) is 0.843. The van der Waals surface area contributed by atoms with Crippen molar-refractivity contribution < 1.29 is 13.9 Å². The first-order valence-corrected chi connectivity index (χ1v) is 9.11. The molecule has 130 valence electrons. The fraction of sp³-hybridized carbons (Fsp3) is 0.529. The van der Waals surface area contributed by atoms with Crippen molar-refractivity contribution in [1.29, 1.82) is 0 Å². The molecule has 0 bridgehead atoms. The highest BCUT2D eigenvalue weighted by Crippen LogP contribution is 2.25. The number of urea groups is 1. The van der Waals surface area contributed by atoms with Gasteiger partial charge in [-0.1, -0.05) is 0 Å². The minimum absolute atomic E-state index is 0.0623. The third kappa shape index (κ3) is 4.15. The highest BCUT2D eigenvalue weighted by Gasteiger charge is 2.30. The number of thiazole rings is 1. The molecule has 0 saturated carbocycles. The topological polar surface area (TPSA) is 67.6 Å². The van der Waals surface area contributed by atoms with Gasteiger partial charge in [0, 0.05) is 30.6 Å². The first-order valence-electron chi connectivity index (χ1n) is 8.23. The van der Waals surface area contributed by atoms with Crippen LogP contribution in [0.1, 0.15) is 34.7 Å². The highest BCUT2D eigenvalue weighted by molar-refractivity contribution is 7.09. The van der Waals surface area contributed by atoms with Gasteiger partial charge in [-0.3, -0.25) is 0 Å². The Balaban J connectivity index is 1.50. The van der Waals surface area contributed by atoms with Gasteiger partial charge < -0.3 is 19.4 Å². The van der Waals surface area contributed by atoms with E-state index in [0.717, 1.165) is 35.1 Å². The van der Waals surface area contributed by atoms with Crippen molar-refractivity contribution >= 4 is 17.4 Å². The van der Waals surface area contributed by atoms with E-state index in [1.165, 1.54) is 0 Å². The number of nitrogens with one attached hydrogen (secondary N) is 1. The van der Waals surface area contributed by atoms with E-state index < -0.39 is 0 Å². The average molecular weight is 349 g/mol. The fourth-order valence-electron chi connectivity index (χ4n) is 2.77. The zero-order chi connectivity index (χ0) is 16.9. The molecule has 1 aliphatic rings. The van der Waals surface area contributed by atoms with Crippen LogP contribution in [0.5, 0.6) is 0 Å². The van der Waals surface area contributed by atoms with Crippen LogP contribution in [0, 0.1) is 13.8 Å². The first-order chi connectivity index (χ1) is 11.6. The molecule has 3 heterocycles. The predicted octanol–water partition coefficient (Wildman–Crippen LogP) is 3.07. The van der Waals surface area contributed by atoms with Crippen LogP contribution in [-0.2, 0) is 11.2 Å². The Labute approximate surface area is 145 Å². The fourth-order valence-corrected chi connectivity index (χ4v) is 3.59. The van der Waals surface area contributed by atoms with E-state index in [2.05, 4.69) is 15.7 Å². The predicted molar refractivity (Wildman–Crippen MR) is 92.3 cm³/mol. The molecule has 2 aromatic rings. The molecule has 0 aromatic carbocycles. The number of rotatable bonds is 5. The molecule has 0 radical (unpaired) electrons. The summed E-state index contributed by atoms with van der Waals surface area (Å²) in [4.78, 5) is 18.7. The molecule has 1 saturated heterocycles. The number of hydrogen-bond acceptors (Lipinski definition) is 5. The lowest BCUT2D eigenvalue weighted by molar-refractivity contribution is 0.00410. The minimum atomic E-state index is -0.158. The number of carbonyl (C=O) groups excluding carboxylic acids is 1. The van der Waals surface area contributed by atoms with Crippen molar-refractivity contribution in [2.24, 2.45) is 0 Å². The zero-order valence-electron chi connectivity index (χ0n) is 14.1. The van der Waals surface area contributed by atoms with Gasteiger partial charge >= 0.3 is 6.03 Å². The second-order valence-corrected chi connectivity index (χ2v) is 6.89. The zero-order valence-corrected chi connectivity index (χ0v) is 14.9. The van der Waals surface area contributed by atoms with Gasteiger partial charge in [0.05, 0.1) is 18.2 Å². The summed E-state index contributed by atoms with van der Waals surface area (Å²) < 4.78 is 11.2. The lowest BCUT2D eigenvalue weighted by Crippen LogP contribution is -2.48. The Morgan fingerprint density at radius 1 is 1.46 bits per heavy atom. The van der Waals surface area contributed by atoms with Crippen LogP contribution in [0.25, 0.3) is 0 Å². The summed E-state index contributed by atoms with van der Waals surface area (Å²) in [6.45, 7) is 6.13. The van der Waals surface area contributed by atoms with Gasteiger partial charge in [-0.2, -0.15) is 0 Å². The number of nitrogens with zero attached hydrogens (tertiary/aromatic N) is 2. The molecule has 1 atom stereocenters. The van der Waals surface area contributed by atoms with E-state index in [9.17, 15) is 4.79 Å². The lowest BCUT2D eigenvalue weighted by atomic mass is 10.2. The van der Waals surface area contributed by atoms with E-state index >= 15 is 0 Å². The molecular formula is C17H23N3O3S. The Bertz CT molecular complexity index is 682. The first kappa shape index (κ1) is 17.0. The SMILES string of the molecule is Cc1csc(CCCNC(=O)N2CCOCC2c2ccc(C)o2)n1. The summed E-state index contributed by atoms with van der Waals surface area (Å²) in [6.07, 6.45) is 1.77. The van der Waals surface area contributed by atoms with E-state index in [1.807, 2.05) is 26.0 Å². The van der Waals surface area contributed by atoms with Crippen LogP contribution in [-0.4, -0.2) is 42.2 Å². The van der Waals surface area contributed by atoms with E-state index in [0.29, 0.717) is 26.3 Å². The standard InChI is InChI=1S/C17H23N3O3S/c1-12-11-24-16(19-12)4-3-7-18-17(21)20-8-9-22-10-14(20)15-6-5-13(2)23-15/h5-6,11,14H,3-4,7-10H2,1-2H3,(H,18,21). The number of aryl methyl sites for hydroxylation is 3. The largest absolute Gasteiger partial charge is 0.464 e. The molecule has 0 aliphatic carbocycles. The van der Waals surface area contributed by atoms with Crippen LogP contribution in [0.4, 0.5) is 4.79 Å². The normalized spacial score (nSPS) is 17.9. The van der Waals surface area contributed by atoms with Crippen LogP contribution in [0.2, 0.25) is 0 Å². The molecule has 1 N–H and O–H groups in total. The molecule has 24 heavy (non-hydrogen) atoms. The van der Waals surface area contributed by atoms with E-state index in [1.54, 1.807) is 16.2 Å². The van der Waals surface area contributed by atoms with Gasteiger partial charge in [-0.15, -0.1) is 11.3 Å². The maximum absolute atomic E-state index is 12.5. The molecule has 3 rings (SSSR count). The Morgan fingerprint density at radius 2 is 2.33 bits per heavy atom. The molecule has 0 spiro atoms. The number of hydrogen-bond donors (Lipinski definition) is 1. The molecule has 6 nitrogen and oxygen atoms in total. The van der Waals surface area contributed by atoms with Gasteiger partial charge in [0.2, 0.25) is 0 Å². The van der Waals surface area contributed by atoms with Gasteiger partial charge in [0.25, 0.3) is 0 Å². The molecule has 2 amide bonds. The molecule has 7 heteroatoms. The van der Waals surface area contributed by atoms with Gasteiger partial charge in [-0.05, 0) is 32.4 Å². The maximum atomic E-state index is 12.5. The smallest absolute Gasteiger partial charge is 0.318 e. The van der Waals surface area contributed by atoms with Crippen molar-refractivity contribution in [2.45, 2.75) is 32.7 Å². The second-order valence-electron chi connectivity index (χ2n) is 5.95. The number of ether oxygens (including phenoxy) is 1. The van der Waals surface area contributed by atoms with Crippen molar-refractivity contribution in [2.75, 3.05) is 26.3 Å². The molecule has 1 unspecified atom stereocenters. The number of morpholine rings is 1. The van der Waals surface area contributed by atoms with Crippen molar-refractivity contribution in [1.82, 2.24) is 15.2 Å². The van der Waals surface area contributed by atoms with Gasteiger partial charge in [0.15, 0.2) is 0 Å². The molecule has 1 aliphatic heterocycles. The lowest BCUT2D eigenvalue weighted by Gasteiger charge is -2.34. The van der Waals surface area contributed by atoms with Crippen LogP contribution >= 0.6 is 11.3 Å². The third-order valence-electron chi connectivity index (χ3n) is 3.99. The summed E-state index contributed by atoms with van der Waals surface area (Å²) in [5.41, 5.74) is 1.06. The number of furan rings is 1. The van der Waals surface area contributed by atoms with Crippen molar-refractivity contribution in [3.05, 3.63) is 39.7 Å². The monoisotopic (exact) mass is 349 g/mol. The van der Waals surface area contributed by atoms with Crippen LogP contribution < -0.4 is 5.32 Å². The highest BCUT2D eigenvalue weighted by atomic mass is 32.1. The van der Waals surface area contributed by atoms with Crippen LogP contribution in [0.3, 0.4) is 0 Å². The third-order valence-corrected chi connectivity index (χ3v) is 5.02. The number of amides is 2. The summed E-state index contributed by atoms with van der Waals surface area (Å²) in [7, 11) is 0. The molecular weight excluding hydrogens is 326 g/mol. The molecule has 1 fully saturated rings. The van der Waals surface area contributed by atoms with E-state index in [-0.39, 0.29) is 12.1 Å². The van der Waals surface area contributed by atoms with Gasteiger partial charge in [0.1, 0.15) is 17.6 Å². The Kier molecular flexibility index (Phi) is 5.52. The summed E-state index contributed by atoms with van der Waals surface area (Å²) in [5, 5.41) is 6.18. The minimum Gasteiger partial charge on any atom is -0.464 e. The Morgan fingerprint density at radius 3 is 3.04 bits per heavy atom.